The van der Waals surface area contributed by atoms with E-state index in [0.717, 1.165) is 18.4 Å². The van der Waals surface area contributed by atoms with E-state index in [0.29, 0.717) is 17.9 Å². The molecule has 0 fully saturated rings. The van der Waals surface area contributed by atoms with Gasteiger partial charge in [-0.1, -0.05) is 49.7 Å². The van der Waals surface area contributed by atoms with Gasteiger partial charge in [0.15, 0.2) is 0 Å². The third-order valence-corrected chi connectivity index (χ3v) is 3.32. The molecule has 1 N–H and O–H groups in total. The van der Waals surface area contributed by atoms with Crippen molar-refractivity contribution in [1.29, 1.82) is 0 Å². The molecule has 0 aliphatic carbocycles. The first-order valence-corrected chi connectivity index (χ1v) is 8.00. The second-order valence-corrected chi connectivity index (χ2v) is 5.30. The number of hydrogen-bond acceptors (Lipinski definition) is 3. The van der Waals surface area contributed by atoms with Gasteiger partial charge in [-0.15, -0.1) is 0 Å². The summed E-state index contributed by atoms with van der Waals surface area (Å²) in [6, 6.07) is 16.3. The van der Waals surface area contributed by atoms with Crippen LogP contribution >= 0.6 is 0 Å². The highest BCUT2D eigenvalue weighted by atomic mass is 16.5. The molecule has 0 aliphatic heterocycles. The number of nitrogens with one attached hydrogen (secondary N) is 1. The fourth-order valence-electron chi connectivity index (χ4n) is 2.04. The molecule has 0 radical (unpaired) electrons. The van der Waals surface area contributed by atoms with Gasteiger partial charge in [0.25, 0.3) is 0 Å². The van der Waals surface area contributed by atoms with Gasteiger partial charge in [0, 0.05) is 11.8 Å². The highest BCUT2D eigenvalue weighted by Gasteiger charge is 2.08. The van der Waals surface area contributed by atoms with Crippen LogP contribution in [0.15, 0.2) is 60.7 Å². The second kappa shape index (κ2) is 9.30. The van der Waals surface area contributed by atoms with Crippen LogP contribution in [0.4, 0.5) is 5.69 Å². The molecule has 0 heterocycles. The van der Waals surface area contributed by atoms with Gasteiger partial charge in [0.1, 0.15) is 0 Å². The molecule has 0 bridgehead atoms. The minimum atomic E-state index is -0.376. The lowest BCUT2D eigenvalue weighted by atomic mass is 10.2. The number of carbonyl (C=O) groups excluding carboxylic acids is 2. The van der Waals surface area contributed by atoms with E-state index in [1.54, 1.807) is 30.3 Å². The van der Waals surface area contributed by atoms with E-state index in [1.807, 2.05) is 37.3 Å². The topological polar surface area (TPSA) is 55.4 Å². The predicted molar refractivity (Wildman–Crippen MR) is 95.7 cm³/mol. The van der Waals surface area contributed by atoms with Crippen LogP contribution in [0.3, 0.4) is 0 Å². The zero-order valence-corrected chi connectivity index (χ0v) is 13.7. The SMILES string of the molecule is CCCCOC(=O)c1cccc(NC(=O)C=Cc2ccccc2)c1. The number of amides is 1. The van der Waals surface area contributed by atoms with Crippen molar-refractivity contribution in [3.05, 3.63) is 71.8 Å². The molecule has 0 aromatic heterocycles. The highest BCUT2D eigenvalue weighted by Crippen LogP contribution is 2.12. The molecule has 0 saturated heterocycles. The Balaban J connectivity index is 1.95. The van der Waals surface area contributed by atoms with Crippen LogP contribution in [0.5, 0.6) is 0 Å². The maximum absolute atomic E-state index is 12.0. The number of carbonyl (C=O) groups is 2. The van der Waals surface area contributed by atoms with Crippen molar-refractivity contribution in [2.24, 2.45) is 0 Å². The predicted octanol–water partition coefficient (Wildman–Crippen LogP) is 4.30. The van der Waals surface area contributed by atoms with Crippen LogP contribution < -0.4 is 5.32 Å². The fourth-order valence-corrected chi connectivity index (χ4v) is 2.04. The summed E-state index contributed by atoms with van der Waals surface area (Å²) in [4.78, 5) is 23.9. The first-order chi connectivity index (χ1) is 11.7. The van der Waals surface area contributed by atoms with Crippen molar-refractivity contribution in [2.45, 2.75) is 19.8 Å². The Morgan fingerprint density at radius 3 is 2.62 bits per heavy atom. The summed E-state index contributed by atoms with van der Waals surface area (Å²) in [5.74, 6) is -0.630. The van der Waals surface area contributed by atoms with Gasteiger partial charge in [0.05, 0.1) is 12.2 Å². The first kappa shape index (κ1) is 17.5. The van der Waals surface area contributed by atoms with Crippen LogP contribution in [0.25, 0.3) is 6.08 Å². The Labute approximate surface area is 142 Å². The Morgan fingerprint density at radius 1 is 1.08 bits per heavy atom. The van der Waals surface area contributed by atoms with Gasteiger partial charge < -0.3 is 10.1 Å². The monoisotopic (exact) mass is 323 g/mol. The maximum atomic E-state index is 12.0. The summed E-state index contributed by atoms with van der Waals surface area (Å²) in [5, 5.41) is 2.74. The zero-order valence-electron chi connectivity index (χ0n) is 13.7. The van der Waals surface area contributed by atoms with Crippen molar-refractivity contribution >= 4 is 23.6 Å². The molecule has 0 atom stereocenters. The summed E-state index contributed by atoms with van der Waals surface area (Å²) >= 11 is 0. The Kier molecular flexibility index (Phi) is 6.77. The van der Waals surface area contributed by atoms with Crippen molar-refractivity contribution < 1.29 is 14.3 Å². The second-order valence-electron chi connectivity index (χ2n) is 5.30. The largest absolute Gasteiger partial charge is 0.462 e. The lowest BCUT2D eigenvalue weighted by Gasteiger charge is -2.06. The van der Waals surface area contributed by atoms with Gasteiger partial charge in [-0.3, -0.25) is 4.79 Å². The van der Waals surface area contributed by atoms with E-state index in [1.165, 1.54) is 6.08 Å². The lowest BCUT2D eigenvalue weighted by molar-refractivity contribution is -0.111. The number of benzene rings is 2. The zero-order chi connectivity index (χ0) is 17.2. The molecule has 4 nitrogen and oxygen atoms in total. The normalized spacial score (nSPS) is 10.5. The molecular formula is C20H21NO3. The van der Waals surface area contributed by atoms with Gasteiger partial charge in [0.2, 0.25) is 5.91 Å². The Morgan fingerprint density at radius 2 is 1.88 bits per heavy atom. The number of ether oxygens (including phenoxy) is 1. The van der Waals surface area contributed by atoms with Crippen molar-refractivity contribution in [2.75, 3.05) is 11.9 Å². The summed E-state index contributed by atoms with van der Waals surface area (Å²) in [6.07, 6.45) is 5.00. The van der Waals surface area contributed by atoms with Crippen LogP contribution in [0, 0.1) is 0 Å². The molecule has 0 saturated carbocycles. The van der Waals surface area contributed by atoms with E-state index in [-0.39, 0.29) is 11.9 Å². The number of unbranched alkanes of at least 4 members (excludes halogenated alkanes) is 1. The minimum Gasteiger partial charge on any atom is -0.462 e. The molecule has 24 heavy (non-hydrogen) atoms. The molecule has 0 unspecified atom stereocenters. The Bertz CT molecular complexity index is 708. The molecule has 0 spiro atoms. The summed E-state index contributed by atoms with van der Waals surface area (Å²) in [7, 11) is 0. The fraction of sp³-hybridized carbons (Fsp3) is 0.200. The van der Waals surface area contributed by atoms with Gasteiger partial charge in [-0.2, -0.15) is 0 Å². The van der Waals surface area contributed by atoms with E-state index in [4.69, 9.17) is 4.74 Å². The highest BCUT2D eigenvalue weighted by molar-refractivity contribution is 6.02. The molecule has 0 aliphatic rings. The molecular weight excluding hydrogens is 302 g/mol. The smallest absolute Gasteiger partial charge is 0.338 e. The van der Waals surface area contributed by atoms with Crippen molar-refractivity contribution in [1.82, 2.24) is 0 Å². The third-order valence-electron chi connectivity index (χ3n) is 3.32. The molecule has 124 valence electrons. The molecule has 4 heteroatoms. The van der Waals surface area contributed by atoms with Crippen molar-refractivity contribution in [3.8, 4) is 0 Å². The van der Waals surface area contributed by atoms with Gasteiger partial charge in [-0.25, -0.2) is 4.79 Å². The average molecular weight is 323 g/mol. The number of esters is 1. The standard InChI is InChI=1S/C20H21NO3/c1-2-3-14-24-20(23)17-10-7-11-18(15-17)21-19(22)13-12-16-8-5-4-6-9-16/h4-13,15H,2-3,14H2,1H3,(H,21,22). The summed E-state index contributed by atoms with van der Waals surface area (Å²) in [6.45, 7) is 2.44. The average Bonchev–Trinajstić information content (AvgIpc) is 2.61. The molecule has 1 amide bonds. The third kappa shape index (κ3) is 5.72. The van der Waals surface area contributed by atoms with Crippen LogP contribution in [-0.2, 0) is 9.53 Å². The van der Waals surface area contributed by atoms with E-state index in [9.17, 15) is 9.59 Å². The lowest BCUT2D eigenvalue weighted by Crippen LogP contribution is -2.10. The maximum Gasteiger partial charge on any atom is 0.338 e. The van der Waals surface area contributed by atoms with Crippen LogP contribution in [0.2, 0.25) is 0 Å². The first-order valence-electron chi connectivity index (χ1n) is 8.00. The van der Waals surface area contributed by atoms with Crippen molar-refractivity contribution in [3.63, 3.8) is 0 Å². The quantitative estimate of drug-likeness (QED) is 0.470. The Hall–Kier alpha value is -2.88. The van der Waals surface area contributed by atoms with E-state index >= 15 is 0 Å². The van der Waals surface area contributed by atoms with E-state index in [2.05, 4.69) is 5.32 Å². The van der Waals surface area contributed by atoms with Crippen LogP contribution in [0.1, 0.15) is 35.7 Å². The summed E-state index contributed by atoms with van der Waals surface area (Å²) in [5.41, 5.74) is 1.93. The number of anilines is 1. The molecule has 2 aromatic rings. The number of hydrogen-bond donors (Lipinski definition) is 1. The summed E-state index contributed by atoms with van der Waals surface area (Å²) < 4.78 is 5.17. The van der Waals surface area contributed by atoms with Crippen LogP contribution in [-0.4, -0.2) is 18.5 Å². The molecule has 2 aromatic carbocycles. The van der Waals surface area contributed by atoms with Gasteiger partial charge in [-0.05, 0) is 36.3 Å². The van der Waals surface area contributed by atoms with E-state index < -0.39 is 0 Å². The minimum absolute atomic E-state index is 0.254. The van der Waals surface area contributed by atoms with Gasteiger partial charge >= 0.3 is 5.97 Å². The molecule has 2 rings (SSSR count). The number of rotatable bonds is 7.